The summed E-state index contributed by atoms with van der Waals surface area (Å²) < 4.78 is 5.49. The van der Waals surface area contributed by atoms with E-state index in [0.717, 1.165) is 4.88 Å². The maximum atomic E-state index is 12.1. The van der Waals surface area contributed by atoms with Crippen molar-refractivity contribution >= 4 is 40.4 Å². The normalized spacial score (nSPS) is 11.4. The standard InChI is InChI=1S/C17H16ClN3O4S/c18-12-4-3-11(9-19)13(8-12)21-17(24)16(23)20-10-14(25-6-5-22)15-2-1-7-26-15/h1-4,7-8,14,22H,5-6,10H2,(H,20,23)(H,21,24). The van der Waals surface area contributed by atoms with E-state index in [4.69, 9.17) is 26.7 Å². The van der Waals surface area contributed by atoms with Gasteiger partial charge in [0.2, 0.25) is 0 Å². The van der Waals surface area contributed by atoms with E-state index >= 15 is 0 Å². The third-order valence-electron chi connectivity index (χ3n) is 3.28. The van der Waals surface area contributed by atoms with Crippen LogP contribution in [0.2, 0.25) is 5.02 Å². The van der Waals surface area contributed by atoms with Gasteiger partial charge in [0, 0.05) is 16.4 Å². The van der Waals surface area contributed by atoms with Crippen LogP contribution in [0.1, 0.15) is 16.5 Å². The van der Waals surface area contributed by atoms with E-state index < -0.39 is 17.9 Å². The second-order valence-corrected chi connectivity index (χ2v) is 6.48. The Kier molecular flexibility index (Phi) is 7.56. The fourth-order valence-electron chi connectivity index (χ4n) is 2.07. The summed E-state index contributed by atoms with van der Waals surface area (Å²) >= 11 is 7.29. The minimum absolute atomic E-state index is 0.0629. The number of nitrogens with zero attached hydrogens (tertiary/aromatic N) is 1. The maximum Gasteiger partial charge on any atom is 0.313 e. The van der Waals surface area contributed by atoms with E-state index in [2.05, 4.69) is 10.6 Å². The number of benzene rings is 1. The molecule has 0 bridgehead atoms. The van der Waals surface area contributed by atoms with Gasteiger partial charge in [0.15, 0.2) is 0 Å². The number of thiophene rings is 1. The van der Waals surface area contributed by atoms with Crippen LogP contribution in [0.5, 0.6) is 0 Å². The number of rotatable bonds is 7. The number of ether oxygens (including phenoxy) is 1. The molecule has 0 radical (unpaired) electrons. The number of hydrogen-bond donors (Lipinski definition) is 3. The zero-order valence-corrected chi connectivity index (χ0v) is 15.1. The minimum atomic E-state index is -0.921. The molecule has 0 saturated heterocycles. The molecular formula is C17H16ClN3O4S. The Labute approximate surface area is 159 Å². The Morgan fingerprint density at radius 3 is 2.81 bits per heavy atom. The maximum absolute atomic E-state index is 12.1. The summed E-state index contributed by atoms with van der Waals surface area (Å²) in [5.41, 5.74) is 0.352. The molecule has 2 aromatic rings. The molecule has 0 aliphatic carbocycles. The molecule has 1 aromatic heterocycles. The van der Waals surface area contributed by atoms with Gasteiger partial charge in [0.25, 0.3) is 0 Å². The first-order chi connectivity index (χ1) is 12.5. The number of aliphatic hydroxyl groups excluding tert-OH is 1. The molecule has 2 amide bonds. The van der Waals surface area contributed by atoms with Gasteiger partial charge >= 0.3 is 11.8 Å². The van der Waals surface area contributed by atoms with Crippen molar-refractivity contribution in [2.45, 2.75) is 6.10 Å². The highest BCUT2D eigenvalue weighted by Gasteiger charge is 2.19. The molecule has 1 heterocycles. The third-order valence-corrected chi connectivity index (χ3v) is 4.47. The summed E-state index contributed by atoms with van der Waals surface area (Å²) in [7, 11) is 0. The average molecular weight is 394 g/mol. The van der Waals surface area contributed by atoms with Crippen molar-refractivity contribution in [1.82, 2.24) is 5.32 Å². The summed E-state index contributed by atoms with van der Waals surface area (Å²) in [4.78, 5) is 25.0. The van der Waals surface area contributed by atoms with Crippen molar-refractivity contribution in [2.75, 3.05) is 25.1 Å². The van der Waals surface area contributed by atoms with Crippen LogP contribution in [0.25, 0.3) is 0 Å². The van der Waals surface area contributed by atoms with Crippen LogP contribution >= 0.6 is 22.9 Å². The van der Waals surface area contributed by atoms with E-state index in [1.165, 1.54) is 29.5 Å². The smallest absolute Gasteiger partial charge is 0.313 e. The number of aliphatic hydroxyl groups is 1. The van der Waals surface area contributed by atoms with Crippen LogP contribution in [0, 0.1) is 11.3 Å². The highest BCUT2D eigenvalue weighted by atomic mass is 35.5. The number of carbonyl (C=O) groups is 2. The van der Waals surface area contributed by atoms with Crippen LogP contribution in [0.15, 0.2) is 35.7 Å². The van der Waals surface area contributed by atoms with Gasteiger partial charge in [-0.05, 0) is 29.6 Å². The Hall–Kier alpha value is -2.44. The van der Waals surface area contributed by atoms with Gasteiger partial charge in [-0.1, -0.05) is 17.7 Å². The third kappa shape index (κ3) is 5.54. The monoisotopic (exact) mass is 393 g/mol. The number of carbonyl (C=O) groups excluding carboxylic acids is 2. The average Bonchev–Trinajstić information content (AvgIpc) is 3.16. The first-order valence-electron chi connectivity index (χ1n) is 7.60. The van der Waals surface area contributed by atoms with Gasteiger partial charge < -0.3 is 20.5 Å². The Bertz CT molecular complexity index is 805. The number of nitrogens with one attached hydrogen (secondary N) is 2. The molecule has 9 heteroatoms. The number of hydrogen-bond acceptors (Lipinski definition) is 6. The van der Waals surface area contributed by atoms with E-state index in [-0.39, 0.29) is 31.0 Å². The van der Waals surface area contributed by atoms with E-state index in [1.54, 1.807) is 0 Å². The zero-order valence-electron chi connectivity index (χ0n) is 13.6. The number of nitriles is 1. The van der Waals surface area contributed by atoms with Crippen molar-refractivity contribution in [2.24, 2.45) is 0 Å². The summed E-state index contributed by atoms with van der Waals surface area (Å²) in [6, 6.07) is 9.95. The predicted molar refractivity (Wildman–Crippen MR) is 97.9 cm³/mol. The first-order valence-corrected chi connectivity index (χ1v) is 8.85. The Morgan fingerprint density at radius 1 is 1.35 bits per heavy atom. The first kappa shape index (κ1) is 19.9. The summed E-state index contributed by atoms with van der Waals surface area (Å²) in [5, 5.41) is 25.0. The molecule has 0 fully saturated rings. The van der Waals surface area contributed by atoms with Gasteiger partial charge in [0.05, 0.1) is 24.5 Å². The Balaban J connectivity index is 1.97. The van der Waals surface area contributed by atoms with Crippen LogP contribution in [0.3, 0.4) is 0 Å². The quantitative estimate of drug-likeness (QED) is 0.623. The van der Waals surface area contributed by atoms with Crippen molar-refractivity contribution in [3.8, 4) is 6.07 Å². The van der Waals surface area contributed by atoms with Crippen molar-refractivity contribution in [3.63, 3.8) is 0 Å². The number of amides is 2. The molecule has 7 nitrogen and oxygen atoms in total. The largest absolute Gasteiger partial charge is 0.394 e. The Morgan fingerprint density at radius 2 is 2.15 bits per heavy atom. The second-order valence-electron chi connectivity index (χ2n) is 5.06. The summed E-state index contributed by atoms with van der Waals surface area (Å²) in [5.74, 6) is -1.79. The lowest BCUT2D eigenvalue weighted by atomic mass is 10.2. The van der Waals surface area contributed by atoms with Gasteiger partial charge in [-0.3, -0.25) is 9.59 Å². The lowest BCUT2D eigenvalue weighted by molar-refractivity contribution is -0.136. The van der Waals surface area contributed by atoms with Crippen LogP contribution in [-0.2, 0) is 14.3 Å². The molecule has 0 aliphatic rings. The SMILES string of the molecule is N#Cc1ccc(Cl)cc1NC(=O)C(=O)NCC(OCCO)c1cccs1. The minimum Gasteiger partial charge on any atom is -0.394 e. The molecule has 2 rings (SSSR count). The molecule has 26 heavy (non-hydrogen) atoms. The fourth-order valence-corrected chi connectivity index (χ4v) is 3.02. The fraction of sp³-hybridized carbons (Fsp3) is 0.235. The van der Waals surface area contributed by atoms with Crippen LogP contribution in [0.4, 0.5) is 5.69 Å². The molecule has 136 valence electrons. The molecule has 0 aliphatic heterocycles. The molecule has 1 aromatic carbocycles. The topological polar surface area (TPSA) is 111 Å². The van der Waals surface area contributed by atoms with Gasteiger partial charge in [-0.2, -0.15) is 5.26 Å². The van der Waals surface area contributed by atoms with Gasteiger partial charge in [-0.15, -0.1) is 11.3 Å². The van der Waals surface area contributed by atoms with Crippen molar-refractivity contribution in [3.05, 3.63) is 51.2 Å². The number of anilines is 1. The molecule has 1 unspecified atom stereocenters. The predicted octanol–water partition coefficient (Wildman–Crippen LogP) is 2.08. The summed E-state index contributed by atoms with van der Waals surface area (Å²) in [6.45, 7) is 0.0219. The lowest BCUT2D eigenvalue weighted by Crippen LogP contribution is -2.38. The molecular weight excluding hydrogens is 378 g/mol. The zero-order chi connectivity index (χ0) is 18.9. The molecule has 3 N–H and O–H groups in total. The van der Waals surface area contributed by atoms with Crippen LogP contribution in [-0.4, -0.2) is 36.7 Å². The lowest BCUT2D eigenvalue weighted by Gasteiger charge is -2.16. The van der Waals surface area contributed by atoms with E-state index in [1.807, 2.05) is 23.6 Å². The number of halogens is 1. The van der Waals surface area contributed by atoms with Crippen molar-refractivity contribution in [1.29, 1.82) is 5.26 Å². The molecule has 0 spiro atoms. The highest BCUT2D eigenvalue weighted by molar-refractivity contribution is 7.10. The summed E-state index contributed by atoms with van der Waals surface area (Å²) in [6.07, 6.45) is -0.472. The van der Waals surface area contributed by atoms with E-state index in [9.17, 15) is 9.59 Å². The van der Waals surface area contributed by atoms with E-state index in [0.29, 0.717) is 5.02 Å². The second kappa shape index (κ2) is 9.89. The molecule has 0 saturated carbocycles. The highest BCUT2D eigenvalue weighted by Crippen LogP contribution is 2.22. The molecule has 1 atom stereocenters. The van der Waals surface area contributed by atoms with Gasteiger partial charge in [0.1, 0.15) is 12.2 Å². The van der Waals surface area contributed by atoms with Crippen LogP contribution < -0.4 is 10.6 Å². The van der Waals surface area contributed by atoms with Crippen molar-refractivity contribution < 1.29 is 19.4 Å². The van der Waals surface area contributed by atoms with Gasteiger partial charge in [-0.25, -0.2) is 0 Å².